The number of ether oxygens (including phenoxy) is 1. The highest BCUT2D eigenvalue weighted by atomic mass is 35.5. The lowest BCUT2D eigenvalue weighted by molar-refractivity contribution is 0.00681. The maximum Gasteiger partial charge on any atom is 0.341 e. The predicted octanol–water partition coefficient (Wildman–Crippen LogP) is 6.14. The van der Waals surface area contributed by atoms with Crippen molar-refractivity contribution < 1.29 is 9.53 Å². The molecule has 158 valence electrons. The van der Waals surface area contributed by atoms with Gasteiger partial charge in [0.2, 0.25) is 0 Å². The molecule has 29 heavy (non-hydrogen) atoms. The Bertz CT molecular complexity index is 866. The lowest BCUT2D eigenvalue weighted by Gasteiger charge is -2.25. The molecule has 1 aromatic carbocycles. The maximum absolute atomic E-state index is 13.3. The summed E-state index contributed by atoms with van der Waals surface area (Å²) in [5, 5.41) is 0.641. The van der Waals surface area contributed by atoms with E-state index in [9.17, 15) is 4.79 Å². The van der Waals surface area contributed by atoms with Gasteiger partial charge in [-0.1, -0.05) is 51.4 Å². The number of carbonyl (C=O) groups excluding carboxylic acids is 1. The van der Waals surface area contributed by atoms with Crippen molar-refractivity contribution in [2.45, 2.75) is 73.0 Å². The molecule has 0 aliphatic carbocycles. The molecule has 0 amide bonds. The highest BCUT2D eigenvalue weighted by molar-refractivity contribution is 6.30. The number of esters is 1. The van der Waals surface area contributed by atoms with Gasteiger partial charge in [-0.05, 0) is 62.3 Å². The van der Waals surface area contributed by atoms with E-state index in [-0.39, 0.29) is 11.9 Å². The summed E-state index contributed by atoms with van der Waals surface area (Å²) in [6.07, 6.45) is 0.793. The number of nitrogens with zero attached hydrogens (tertiary/aromatic N) is 1. The van der Waals surface area contributed by atoms with Crippen LogP contribution in [0.1, 0.15) is 81.7 Å². The van der Waals surface area contributed by atoms with Gasteiger partial charge in [0.15, 0.2) is 0 Å². The van der Waals surface area contributed by atoms with Gasteiger partial charge in [0, 0.05) is 22.8 Å². The summed E-state index contributed by atoms with van der Waals surface area (Å²) < 4.78 is 5.78. The molecule has 0 bridgehead atoms. The molecule has 0 aliphatic rings. The summed E-state index contributed by atoms with van der Waals surface area (Å²) in [5.74, 6) is 0.101. The summed E-state index contributed by atoms with van der Waals surface area (Å²) in [4.78, 5) is 18.3. The Morgan fingerprint density at radius 2 is 1.72 bits per heavy atom. The third-order valence-electron chi connectivity index (χ3n) is 4.50. The van der Waals surface area contributed by atoms with Gasteiger partial charge in [0.1, 0.15) is 5.60 Å². The predicted molar refractivity (Wildman–Crippen MR) is 120 cm³/mol. The van der Waals surface area contributed by atoms with Crippen LogP contribution in [0.5, 0.6) is 0 Å². The minimum absolute atomic E-state index is 0.0568. The number of hydrogen-bond acceptors (Lipinski definition) is 4. The van der Waals surface area contributed by atoms with Crippen molar-refractivity contribution in [1.82, 2.24) is 4.98 Å². The molecule has 0 fully saturated rings. The van der Waals surface area contributed by atoms with Gasteiger partial charge in [0.05, 0.1) is 11.3 Å². The van der Waals surface area contributed by atoms with E-state index in [2.05, 4.69) is 13.8 Å². The monoisotopic (exact) mass is 416 g/mol. The zero-order valence-electron chi connectivity index (χ0n) is 18.6. The van der Waals surface area contributed by atoms with Crippen molar-refractivity contribution in [1.29, 1.82) is 0 Å². The molecule has 5 heteroatoms. The van der Waals surface area contributed by atoms with E-state index in [0.717, 1.165) is 34.5 Å². The molecular formula is C24H33ClN2O2. The summed E-state index contributed by atoms with van der Waals surface area (Å²) in [5.41, 5.74) is 10.4. The Kier molecular flexibility index (Phi) is 7.47. The second kappa shape index (κ2) is 9.27. The van der Waals surface area contributed by atoms with Gasteiger partial charge in [0.25, 0.3) is 0 Å². The van der Waals surface area contributed by atoms with Crippen LogP contribution < -0.4 is 5.73 Å². The standard InChI is InChI=1S/C24H33ClN2O2/c1-14(2)12-19-18(13-26)20(16-8-10-17(25)11-9-16)21(22(27-19)15(3)4)23(28)29-24(5,6)7/h8-11,14-15H,12-13,26H2,1-7H3. The number of aromatic nitrogens is 1. The van der Waals surface area contributed by atoms with E-state index in [0.29, 0.717) is 23.0 Å². The summed E-state index contributed by atoms with van der Waals surface area (Å²) in [6, 6.07) is 7.50. The number of rotatable bonds is 6. The largest absolute Gasteiger partial charge is 0.456 e. The third-order valence-corrected chi connectivity index (χ3v) is 4.75. The molecule has 4 nitrogen and oxygen atoms in total. The molecule has 0 saturated heterocycles. The molecule has 0 atom stereocenters. The third kappa shape index (κ3) is 5.80. The number of halogens is 1. The normalized spacial score (nSPS) is 12.0. The Balaban J connectivity index is 2.90. The molecular weight excluding hydrogens is 384 g/mol. The Hall–Kier alpha value is -1.91. The van der Waals surface area contributed by atoms with Crippen molar-refractivity contribution in [3.8, 4) is 11.1 Å². The molecule has 0 spiro atoms. The van der Waals surface area contributed by atoms with Crippen molar-refractivity contribution >= 4 is 17.6 Å². The van der Waals surface area contributed by atoms with Crippen molar-refractivity contribution in [3.63, 3.8) is 0 Å². The highest BCUT2D eigenvalue weighted by Crippen LogP contribution is 2.36. The lowest BCUT2D eigenvalue weighted by atomic mass is 9.87. The van der Waals surface area contributed by atoms with E-state index < -0.39 is 5.60 Å². The van der Waals surface area contributed by atoms with Crippen LogP contribution in [-0.2, 0) is 17.7 Å². The number of pyridine rings is 1. The average Bonchev–Trinajstić information content (AvgIpc) is 2.59. The number of carbonyl (C=O) groups is 1. The van der Waals surface area contributed by atoms with E-state index in [1.54, 1.807) is 0 Å². The summed E-state index contributed by atoms with van der Waals surface area (Å²) in [6.45, 7) is 14.3. The van der Waals surface area contributed by atoms with Gasteiger partial charge in [-0.2, -0.15) is 0 Å². The van der Waals surface area contributed by atoms with E-state index in [1.165, 1.54) is 0 Å². The number of nitrogens with two attached hydrogens (primary N) is 1. The first-order valence-corrected chi connectivity index (χ1v) is 10.6. The van der Waals surface area contributed by atoms with Crippen molar-refractivity contribution in [3.05, 3.63) is 51.8 Å². The molecule has 1 heterocycles. The first kappa shape index (κ1) is 23.4. The van der Waals surface area contributed by atoms with E-state index >= 15 is 0 Å². The van der Waals surface area contributed by atoms with Crippen LogP contribution in [0.15, 0.2) is 24.3 Å². The first-order chi connectivity index (χ1) is 13.4. The van der Waals surface area contributed by atoms with Crippen LogP contribution >= 0.6 is 11.6 Å². The van der Waals surface area contributed by atoms with Crippen LogP contribution in [0.25, 0.3) is 11.1 Å². The number of benzene rings is 1. The number of hydrogen-bond donors (Lipinski definition) is 1. The van der Waals surface area contributed by atoms with Crippen LogP contribution in [0.3, 0.4) is 0 Å². The smallest absolute Gasteiger partial charge is 0.341 e. The quantitative estimate of drug-likeness (QED) is 0.574. The van der Waals surface area contributed by atoms with Crippen molar-refractivity contribution in [2.24, 2.45) is 11.7 Å². The highest BCUT2D eigenvalue weighted by Gasteiger charge is 2.29. The first-order valence-electron chi connectivity index (χ1n) is 10.2. The molecule has 0 unspecified atom stereocenters. The van der Waals surface area contributed by atoms with Gasteiger partial charge in [-0.3, -0.25) is 4.98 Å². The zero-order valence-corrected chi connectivity index (χ0v) is 19.4. The fourth-order valence-electron chi connectivity index (χ4n) is 3.36. The van der Waals surface area contributed by atoms with Crippen LogP contribution in [0.2, 0.25) is 5.02 Å². The minimum Gasteiger partial charge on any atom is -0.456 e. The van der Waals surface area contributed by atoms with Gasteiger partial charge in [-0.25, -0.2) is 4.79 Å². The second-order valence-electron chi connectivity index (χ2n) is 9.14. The molecule has 2 rings (SSSR count). The topological polar surface area (TPSA) is 65.2 Å². The molecule has 0 aliphatic heterocycles. The maximum atomic E-state index is 13.3. The van der Waals surface area contributed by atoms with Crippen LogP contribution in [-0.4, -0.2) is 16.6 Å². The Morgan fingerprint density at radius 1 is 1.14 bits per heavy atom. The SMILES string of the molecule is CC(C)Cc1nc(C(C)C)c(C(=O)OC(C)(C)C)c(-c2ccc(Cl)cc2)c1CN. The van der Waals surface area contributed by atoms with Crippen LogP contribution in [0, 0.1) is 5.92 Å². The minimum atomic E-state index is -0.609. The molecule has 1 aromatic heterocycles. The van der Waals surface area contributed by atoms with Gasteiger partial charge < -0.3 is 10.5 Å². The molecule has 0 radical (unpaired) electrons. The van der Waals surface area contributed by atoms with Gasteiger partial charge in [-0.15, -0.1) is 0 Å². The van der Waals surface area contributed by atoms with E-state index in [1.807, 2.05) is 58.9 Å². The second-order valence-corrected chi connectivity index (χ2v) is 9.57. The van der Waals surface area contributed by atoms with Crippen LogP contribution in [0.4, 0.5) is 0 Å². The zero-order chi connectivity index (χ0) is 21.9. The molecule has 2 N–H and O–H groups in total. The molecule has 2 aromatic rings. The van der Waals surface area contributed by atoms with Gasteiger partial charge >= 0.3 is 5.97 Å². The lowest BCUT2D eigenvalue weighted by Crippen LogP contribution is -2.27. The van der Waals surface area contributed by atoms with Crippen molar-refractivity contribution in [2.75, 3.05) is 0 Å². The fraction of sp³-hybridized carbons (Fsp3) is 0.500. The fourth-order valence-corrected chi connectivity index (χ4v) is 3.48. The Morgan fingerprint density at radius 3 is 2.17 bits per heavy atom. The van der Waals surface area contributed by atoms with E-state index in [4.69, 9.17) is 27.1 Å². The summed E-state index contributed by atoms with van der Waals surface area (Å²) >= 11 is 6.12. The average molecular weight is 417 g/mol. The Labute approximate surface area is 179 Å². The molecule has 0 saturated carbocycles. The summed E-state index contributed by atoms with van der Waals surface area (Å²) in [7, 11) is 0.